The Morgan fingerprint density at radius 2 is 1.88 bits per heavy atom. The number of rotatable bonds is 12. The van der Waals surface area contributed by atoms with E-state index in [0.29, 0.717) is 59.3 Å². The van der Waals surface area contributed by atoms with Gasteiger partial charge in [-0.3, -0.25) is 14.4 Å². The number of ether oxygens (including phenoxy) is 1. The molecule has 0 saturated carbocycles. The zero-order valence-corrected chi connectivity index (χ0v) is 29.4. The van der Waals surface area contributed by atoms with Crippen LogP contribution in [0.15, 0.2) is 58.0 Å². The van der Waals surface area contributed by atoms with E-state index < -0.39 is 11.7 Å². The third-order valence-electron chi connectivity index (χ3n) is 9.87. The van der Waals surface area contributed by atoms with E-state index >= 15 is 0 Å². The van der Waals surface area contributed by atoms with Gasteiger partial charge in [-0.15, -0.1) is 0 Å². The van der Waals surface area contributed by atoms with E-state index in [1.165, 1.54) is 0 Å². The molecule has 0 spiro atoms. The first-order valence-electron chi connectivity index (χ1n) is 17.6. The lowest BCUT2D eigenvalue weighted by molar-refractivity contribution is -0.136. The zero-order valence-electron chi connectivity index (χ0n) is 29.4. The predicted octanol–water partition coefficient (Wildman–Crippen LogP) is 4.26. The van der Waals surface area contributed by atoms with Crippen LogP contribution in [0.4, 0.5) is 0 Å². The first kappa shape index (κ1) is 34.7. The van der Waals surface area contributed by atoms with Gasteiger partial charge in [0, 0.05) is 40.7 Å². The molecule has 7 rings (SSSR count). The maximum Gasteiger partial charge on any atom is 0.344 e. The Bertz CT molecular complexity index is 2200. The number of benzene rings is 2. The molecule has 2 aliphatic rings. The number of hydrogen-bond acceptors (Lipinski definition) is 9. The minimum absolute atomic E-state index is 0.0332. The molecule has 2 aromatic carbocycles. The molecule has 5 heterocycles. The Labute approximate surface area is 299 Å². The lowest BCUT2D eigenvalue weighted by Crippen LogP contribution is -2.49. The van der Waals surface area contributed by atoms with Crippen LogP contribution in [-0.2, 0) is 27.5 Å². The summed E-state index contributed by atoms with van der Waals surface area (Å²) in [5, 5.41) is 3.41. The molecule has 3 amide bonds. The lowest BCUT2D eigenvalue weighted by Gasteiger charge is -2.28. The van der Waals surface area contributed by atoms with Crippen molar-refractivity contribution in [2.45, 2.75) is 65.3 Å². The van der Waals surface area contributed by atoms with Crippen LogP contribution >= 0.6 is 0 Å². The fraction of sp³-hybridized carbons (Fsp3) is 0.368. The fourth-order valence-electron chi connectivity index (χ4n) is 7.27. The van der Waals surface area contributed by atoms with E-state index in [9.17, 15) is 19.2 Å². The second-order valence-corrected chi connectivity index (χ2v) is 13.6. The number of nitrogens with one attached hydrogen (secondary N) is 3. The van der Waals surface area contributed by atoms with Crippen molar-refractivity contribution in [2.24, 2.45) is 11.7 Å². The maximum atomic E-state index is 13.5. The highest BCUT2D eigenvalue weighted by molar-refractivity contribution is 5.92. The number of carbonyl (C=O) groups excluding carboxylic acids is 3. The van der Waals surface area contributed by atoms with Crippen molar-refractivity contribution in [2.75, 3.05) is 19.6 Å². The smallest absolute Gasteiger partial charge is 0.344 e. The van der Waals surface area contributed by atoms with Crippen molar-refractivity contribution in [3.63, 3.8) is 0 Å². The second kappa shape index (κ2) is 14.5. The molecule has 1 saturated heterocycles. The van der Waals surface area contributed by atoms with Crippen molar-refractivity contribution in [1.82, 2.24) is 35.1 Å². The molecule has 2 atom stereocenters. The van der Waals surface area contributed by atoms with Gasteiger partial charge in [-0.25, -0.2) is 14.8 Å². The molecule has 0 radical (unpaired) electrons. The van der Waals surface area contributed by atoms with Crippen LogP contribution in [0, 0.1) is 5.92 Å². The second-order valence-electron chi connectivity index (χ2n) is 13.6. The highest BCUT2D eigenvalue weighted by Crippen LogP contribution is 2.41. The largest absolute Gasteiger partial charge is 0.488 e. The molecule has 2 unspecified atom stereocenters. The molecule has 2 aliphatic heterocycles. The number of H-pyrrole nitrogens is 2. The van der Waals surface area contributed by atoms with Gasteiger partial charge >= 0.3 is 5.63 Å². The number of fused-ring (bicyclic) bond motifs is 5. The monoisotopic (exact) mass is 706 g/mol. The van der Waals surface area contributed by atoms with Gasteiger partial charge in [0.15, 0.2) is 0 Å². The van der Waals surface area contributed by atoms with Crippen LogP contribution in [0.5, 0.6) is 5.75 Å². The van der Waals surface area contributed by atoms with Crippen molar-refractivity contribution in [3.8, 4) is 39.4 Å². The van der Waals surface area contributed by atoms with E-state index in [0.717, 1.165) is 47.0 Å². The number of aromatic nitrogens is 4. The molecule has 52 heavy (non-hydrogen) atoms. The number of carbonyl (C=O) groups is 3. The van der Waals surface area contributed by atoms with Gasteiger partial charge in [-0.05, 0) is 43.4 Å². The number of nitrogens with zero attached hydrogens (tertiary/aromatic N) is 4. The zero-order chi connectivity index (χ0) is 36.5. The van der Waals surface area contributed by atoms with E-state index in [1.807, 2.05) is 51.1 Å². The van der Waals surface area contributed by atoms with Gasteiger partial charge in [-0.1, -0.05) is 39.0 Å². The topological polar surface area (TPSA) is 193 Å². The quantitative estimate of drug-likeness (QED) is 0.108. The minimum atomic E-state index is -0.626. The third kappa shape index (κ3) is 6.45. The molecule has 3 aromatic heterocycles. The highest BCUT2D eigenvalue weighted by Gasteiger charge is 2.32. The van der Waals surface area contributed by atoms with E-state index in [4.69, 9.17) is 14.9 Å². The molecule has 14 heteroatoms. The predicted molar refractivity (Wildman–Crippen MR) is 194 cm³/mol. The summed E-state index contributed by atoms with van der Waals surface area (Å²) < 4.78 is 12.1. The molecule has 1 fully saturated rings. The van der Waals surface area contributed by atoms with Crippen LogP contribution < -0.4 is 21.4 Å². The third-order valence-corrected chi connectivity index (χ3v) is 9.87. The molecule has 5 aromatic rings. The average molecular weight is 707 g/mol. The summed E-state index contributed by atoms with van der Waals surface area (Å²) in [5.41, 5.74) is 10.5. The first-order chi connectivity index (χ1) is 25.2. The van der Waals surface area contributed by atoms with Crippen LogP contribution in [0.1, 0.15) is 63.3 Å². The molecular formula is C38H42N8O6. The van der Waals surface area contributed by atoms with Gasteiger partial charge in [0.1, 0.15) is 35.6 Å². The summed E-state index contributed by atoms with van der Waals surface area (Å²) in [6, 6.07) is 10.5. The summed E-state index contributed by atoms with van der Waals surface area (Å²) in [6.45, 7) is 7.35. The summed E-state index contributed by atoms with van der Waals surface area (Å²) in [7, 11) is 0. The van der Waals surface area contributed by atoms with Crippen molar-refractivity contribution in [3.05, 3.63) is 76.4 Å². The van der Waals surface area contributed by atoms with Gasteiger partial charge in [0.25, 0.3) is 0 Å². The molecule has 0 aliphatic carbocycles. The summed E-state index contributed by atoms with van der Waals surface area (Å²) in [5.74, 6) is 1.54. The Morgan fingerprint density at radius 3 is 2.65 bits per heavy atom. The van der Waals surface area contributed by atoms with E-state index in [1.54, 1.807) is 28.3 Å². The molecule has 0 bridgehead atoms. The Hall–Kier alpha value is -5.76. The number of hydrogen-bond donors (Lipinski definition) is 4. The standard InChI is InChI=1S/C38H42N8O6/c1-4-11-45(37(49)35(21(2)3)42-20-47)18-32-40-16-27(43-32)23-7-9-24-26-19-51-30-13-22(8-10-25(30)34(26)38(50)52-31(24)14-23)28-17-41-36(44-28)29-6-5-12-46(29)33(48)15-39/h7-10,13-14,16-17,20-21,29,35H,4-6,11-12,15,18-19,39H2,1-3H3,(H,40,43)(H,41,44)(H,42,47). The number of imidazole rings is 2. The SMILES string of the molecule is CCCN(Cc1ncc(-c2ccc3c4c(c(=O)oc3c2)-c2ccc(-c3cnc(C5CCCN5C(=O)CN)[nH]3)cc2OC4)[nH]1)C(=O)C(NC=O)C(C)C. The number of nitrogens with two attached hydrogens (primary N) is 1. The normalized spacial score (nSPS) is 15.6. The molecule has 270 valence electrons. The number of amides is 3. The Kier molecular flexibility index (Phi) is 9.65. The van der Waals surface area contributed by atoms with Gasteiger partial charge in [0.05, 0.1) is 48.5 Å². The van der Waals surface area contributed by atoms with Gasteiger partial charge < -0.3 is 40.0 Å². The van der Waals surface area contributed by atoms with Crippen LogP contribution in [0.2, 0.25) is 0 Å². The van der Waals surface area contributed by atoms with E-state index in [2.05, 4.69) is 25.3 Å². The molecule has 5 N–H and O–H groups in total. The van der Waals surface area contributed by atoms with Crippen LogP contribution in [0.3, 0.4) is 0 Å². The van der Waals surface area contributed by atoms with Crippen LogP contribution in [0.25, 0.3) is 44.6 Å². The van der Waals surface area contributed by atoms with Crippen molar-refractivity contribution < 1.29 is 23.5 Å². The van der Waals surface area contributed by atoms with E-state index in [-0.39, 0.29) is 43.5 Å². The summed E-state index contributed by atoms with van der Waals surface area (Å²) >= 11 is 0. The molecular weight excluding hydrogens is 664 g/mol. The average Bonchev–Trinajstić information content (AvgIpc) is 3.94. The summed E-state index contributed by atoms with van der Waals surface area (Å²) in [6.07, 6.45) is 6.46. The Morgan fingerprint density at radius 1 is 1.12 bits per heavy atom. The van der Waals surface area contributed by atoms with Crippen molar-refractivity contribution in [1.29, 1.82) is 0 Å². The number of likely N-dealkylation sites (tertiary alicyclic amines) is 1. The molecule has 14 nitrogen and oxygen atoms in total. The highest BCUT2D eigenvalue weighted by atomic mass is 16.5. The minimum Gasteiger partial charge on any atom is -0.488 e. The number of aromatic amines is 2. The lowest BCUT2D eigenvalue weighted by atomic mass is 9.94. The summed E-state index contributed by atoms with van der Waals surface area (Å²) in [4.78, 5) is 69.6. The van der Waals surface area contributed by atoms with Gasteiger partial charge in [0.2, 0.25) is 18.2 Å². The van der Waals surface area contributed by atoms with Crippen LogP contribution in [-0.4, -0.2) is 73.6 Å². The maximum absolute atomic E-state index is 13.5. The van der Waals surface area contributed by atoms with Gasteiger partial charge in [-0.2, -0.15) is 0 Å². The first-order valence-corrected chi connectivity index (χ1v) is 17.6. The van der Waals surface area contributed by atoms with Crippen molar-refractivity contribution >= 4 is 29.2 Å². The fourth-order valence-corrected chi connectivity index (χ4v) is 7.27. The Balaban J connectivity index is 1.12.